The fourth-order valence-corrected chi connectivity index (χ4v) is 1.01. The summed E-state index contributed by atoms with van der Waals surface area (Å²) < 4.78 is 9.85. The van der Waals surface area contributed by atoms with Gasteiger partial charge < -0.3 is 14.6 Å². The van der Waals surface area contributed by atoms with Crippen LogP contribution in [-0.4, -0.2) is 36.4 Å². The van der Waals surface area contributed by atoms with Crippen molar-refractivity contribution in [3.8, 4) is 0 Å². The molecular weight excluding hydrogens is 200 g/mol. The smallest absolute Gasteiger partial charge is 0.312 e. The number of aliphatic carboxylic acids is 1. The normalized spacial score (nSPS) is 13.3. The zero-order chi connectivity index (χ0) is 12.1. The van der Waals surface area contributed by atoms with Gasteiger partial charge >= 0.3 is 11.9 Å². The zero-order valence-electron chi connectivity index (χ0n) is 9.57. The summed E-state index contributed by atoms with van der Waals surface area (Å²) in [6.45, 7) is 5.25. The SMILES string of the molecule is COCC(CC(=O)O)C(=O)OC(C)(C)C. The maximum absolute atomic E-state index is 11.5. The van der Waals surface area contributed by atoms with Crippen LogP contribution in [0.5, 0.6) is 0 Å². The number of hydrogen-bond acceptors (Lipinski definition) is 4. The van der Waals surface area contributed by atoms with E-state index in [1.54, 1.807) is 20.8 Å². The monoisotopic (exact) mass is 218 g/mol. The Morgan fingerprint density at radius 3 is 2.20 bits per heavy atom. The Kier molecular flexibility index (Phi) is 5.28. The molecule has 5 nitrogen and oxygen atoms in total. The molecule has 0 aliphatic heterocycles. The molecule has 0 fully saturated rings. The van der Waals surface area contributed by atoms with Crippen LogP contribution in [0.25, 0.3) is 0 Å². The molecule has 0 amide bonds. The summed E-state index contributed by atoms with van der Waals surface area (Å²) in [7, 11) is 1.42. The molecule has 0 saturated carbocycles. The van der Waals surface area contributed by atoms with Gasteiger partial charge in [0.05, 0.1) is 18.9 Å². The molecule has 0 spiro atoms. The second kappa shape index (κ2) is 5.70. The van der Waals surface area contributed by atoms with Crippen LogP contribution in [0.4, 0.5) is 0 Å². The van der Waals surface area contributed by atoms with Gasteiger partial charge in [0.15, 0.2) is 0 Å². The third-order valence-electron chi connectivity index (χ3n) is 1.53. The van der Waals surface area contributed by atoms with E-state index in [1.807, 2.05) is 0 Å². The van der Waals surface area contributed by atoms with Crippen LogP contribution < -0.4 is 0 Å². The predicted molar refractivity (Wildman–Crippen MR) is 53.5 cm³/mol. The van der Waals surface area contributed by atoms with Crippen LogP contribution in [0.2, 0.25) is 0 Å². The van der Waals surface area contributed by atoms with Crippen molar-refractivity contribution in [2.45, 2.75) is 32.8 Å². The number of carbonyl (C=O) groups excluding carboxylic acids is 1. The first-order valence-electron chi connectivity index (χ1n) is 4.70. The Morgan fingerprint density at radius 2 is 1.87 bits per heavy atom. The number of carboxylic acids is 1. The fourth-order valence-electron chi connectivity index (χ4n) is 1.01. The number of carboxylic acid groups (broad SMARTS) is 1. The molecule has 15 heavy (non-hydrogen) atoms. The van der Waals surface area contributed by atoms with E-state index in [9.17, 15) is 9.59 Å². The summed E-state index contributed by atoms with van der Waals surface area (Å²) >= 11 is 0. The molecule has 0 radical (unpaired) electrons. The highest BCUT2D eigenvalue weighted by molar-refractivity contribution is 5.79. The van der Waals surface area contributed by atoms with E-state index in [-0.39, 0.29) is 13.0 Å². The van der Waals surface area contributed by atoms with Crippen molar-refractivity contribution in [2.75, 3.05) is 13.7 Å². The van der Waals surface area contributed by atoms with Crippen molar-refractivity contribution in [1.29, 1.82) is 0 Å². The highest BCUT2D eigenvalue weighted by Crippen LogP contribution is 2.14. The lowest BCUT2D eigenvalue weighted by Gasteiger charge is -2.22. The number of methoxy groups -OCH3 is 1. The van der Waals surface area contributed by atoms with Gasteiger partial charge in [-0.2, -0.15) is 0 Å². The van der Waals surface area contributed by atoms with Crippen molar-refractivity contribution in [2.24, 2.45) is 5.92 Å². The van der Waals surface area contributed by atoms with Crippen LogP contribution in [0.3, 0.4) is 0 Å². The van der Waals surface area contributed by atoms with Gasteiger partial charge in [0.2, 0.25) is 0 Å². The molecule has 1 N–H and O–H groups in total. The maximum Gasteiger partial charge on any atom is 0.312 e. The van der Waals surface area contributed by atoms with E-state index in [4.69, 9.17) is 14.6 Å². The van der Waals surface area contributed by atoms with E-state index in [1.165, 1.54) is 7.11 Å². The van der Waals surface area contributed by atoms with Crippen LogP contribution in [-0.2, 0) is 19.1 Å². The molecule has 0 rings (SSSR count). The number of hydrogen-bond donors (Lipinski definition) is 1. The molecule has 5 heteroatoms. The third-order valence-corrected chi connectivity index (χ3v) is 1.53. The Balaban J connectivity index is 4.35. The second-order valence-corrected chi connectivity index (χ2v) is 4.28. The topological polar surface area (TPSA) is 72.8 Å². The molecule has 1 atom stereocenters. The predicted octanol–water partition coefficient (Wildman–Crippen LogP) is 1.07. The number of rotatable bonds is 5. The lowest BCUT2D eigenvalue weighted by atomic mass is 10.1. The number of esters is 1. The van der Waals surface area contributed by atoms with Gasteiger partial charge in [0.1, 0.15) is 5.60 Å². The molecule has 0 aliphatic rings. The molecule has 1 unspecified atom stereocenters. The molecule has 0 heterocycles. The zero-order valence-corrected chi connectivity index (χ0v) is 9.57. The Bertz CT molecular complexity index is 228. The van der Waals surface area contributed by atoms with Gasteiger partial charge in [-0.25, -0.2) is 0 Å². The lowest BCUT2D eigenvalue weighted by molar-refractivity contribution is -0.164. The largest absolute Gasteiger partial charge is 0.481 e. The van der Waals surface area contributed by atoms with Crippen molar-refractivity contribution in [3.05, 3.63) is 0 Å². The summed E-state index contributed by atoms with van der Waals surface area (Å²) in [5.41, 5.74) is -0.610. The van der Waals surface area contributed by atoms with Crippen LogP contribution in [0, 0.1) is 5.92 Å². The summed E-state index contributed by atoms with van der Waals surface area (Å²) in [5, 5.41) is 8.59. The van der Waals surface area contributed by atoms with E-state index in [0.29, 0.717) is 0 Å². The third kappa shape index (κ3) is 6.90. The molecule has 88 valence electrons. The van der Waals surface area contributed by atoms with Crippen molar-refractivity contribution >= 4 is 11.9 Å². The van der Waals surface area contributed by atoms with Crippen LogP contribution >= 0.6 is 0 Å². The molecule has 0 saturated heterocycles. The van der Waals surface area contributed by atoms with Crippen molar-refractivity contribution < 1.29 is 24.2 Å². The van der Waals surface area contributed by atoms with Gasteiger partial charge in [0, 0.05) is 7.11 Å². The van der Waals surface area contributed by atoms with Crippen molar-refractivity contribution in [3.63, 3.8) is 0 Å². The molecule has 0 aromatic carbocycles. The molecule has 0 aliphatic carbocycles. The van der Waals surface area contributed by atoms with E-state index in [2.05, 4.69) is 0 Å². The summed E-state index contributed by atoms with van der Waals surface area (Å²) in [6, 6.07) is 0. The Labute approximate surface area is 89.4 Å². The number of ether oxygens (including phenoxy) is 2. The molecular formula is C10H18O5. The minimum absolute atomic E-state index is 0.0568. The first kappa shape index (κ1) is 13.9. The average molecular weight is 218 g/mol. The second-order valence-electron chi connectivity index (χ2n) is 4.28. The van der Waals surface area contributed by atoms with Gasteiger partial charge in [-0.3, -0.25) is 9.59 Å². The van der Waals surface area contributed by atoms with Gasteiger partial charge in [-0.1, -0.05) is 0 Å². The van der Waals surface area contributed by atoms with Crippen LogP contribution in [0.15, 0.2) is 0 Å². The van der Waals surface area contributed by atoms with E-state index < -0.39 is 23.5 Å². The quantitative estimate of drug-likeness (QED) is 0.698. The highest BCUT2D eigenvalue weighted by atomic mass is 16.6. The lowest BCUT2D eigenvalue weighted by Crippen LogP contribution is -2.32. The fraction of sp³-hybridized carbons (Fsp3) is 0.800. The summed E-state index contributed by atoms with van der Waals surface area (Å²) in [6.07, 6.45) is -0.275. The first-order chi connectivity index (χ1) is 6.76. The van der Waals surface area contributed by atoms with Crippen molar-refractivity contribution in [1.82, 2.24) is 0 Å². The summed E-state index contributed by atoms with van der Waals surface area (Å²) in [4.78, 5) is 22.0. The molecule has 0 aromatic heterocycles. The van der Waals surface area contributed by atoms with E-state index >= 15 is 0 Å². The Hall–Kier alpha value is -1.10. The molecule has 0 bridgehead atoms. The minimum atomic E-state index is -1.04. The Morgan fingerprint density at radius 1 is 1.33 bits per heavy atom. The highest BCUT2D eigenvalue weighted by Gasteiger charge is 2.27. The first-order valence-corrected chi connectivity index (χ1v) is 4.70. The maximum atomic E-state index is 11.5. The van der Waals surface area contributed by atoms with E-state index in [0.717, 1.165) is 0 Å². The van der Waals surface area contributed by atoms with Gasteiger partial charge in [-0.05, 0) is 20.8 Å². The number of carbonyl (C=O) groups is 2. The van der Waals surface area contributed by atoms with Crippen LogP contribution in [0.1, 0.15) is 27.2 Å². The molecule has 0 aromatic rings. The van der Waals surface area contributed by atoms with Gasteiger partial charge in [-0.15, -0.1) is 0 Å². The summed E-state index contributed by atoms with van der Waals surface area (Å²) in [5.74, 6) is -2.32. The minimum Gasteiger partial charge on any atom is -0.481 e. The van der Waals surface area contributed by atoms with Gasteiger partial charge in [0.25, 0.3) is 0 Å². The average Bonchev–Trinajstić information content (AvgIpc) is 1.99. The standard InChI is InChI=1S/C10H18O5/c1-10(2,3)15-9(13)7(6-14-4)5-8(11)12/h7H,5-6H2,1-4H3,(H,11,12).